The number of nitrogens with one attached hydrogen (secondary N) is 3. The van der Waals surface area contributed by atoms with Crippen molar-refractivity contribution in [2.24, 2.45) is 40.9 Å². The Morgan fingerprint density at radius 3 is 2.62 bits per heavy atom. The highest BCUT2D eigenvalue weighted by Crippen LogP contribution is 3.09. The predicted octanol–water partition coefficient (Wildman–Crippen LogP) is 0.951. The summed E-state index contributed by atoms with van der Waals surface area (Å²) in [5.74, 6) is 4.64. The molecule has 29 heavy (non-hydrogen) atoms. The van der Waals surface area contributed by atoms with E-state index in [1.165, 1.54) is 0 Å². The van der Waals surface area contributed by atoms with Gasteiger partial charge in [-0.05, 0) is 66.0 Å². The van der Waals surface area contributed by atoms with Crippen LogP contribution < -0.4 is 10.6 Å². The lowest BCUT2D eigenvalue weighted by atomic mass is 8.92. The first kappa shape index (κ1) is 15.1. The van der Waals surface area contributed by atoms with E-state index >= 15 is 0 Å². The Hall–Kier alpha value is -2.77. The molecule has 2 aromatic rings. The van der Waals surface area contributed by atoms with E-state index in [-0.39, 0.29) is 28.7 Å². The number of benzene rings is 1. The van der Waals surface area contributed by atoms with E-state index in [0.29, 0.717) is 41.9 Å². The number of aromatic amines is 1. The van der Waals surface area contributed by atoms with Crippen molar-refractivity contribution in [2.45, 2.75) is 31.2 Å². The smallest absolute Gasteiger partial charge is 0.227 e. The first-order valence-electron chi connectivity index (χ1n) is 10.6. The molecule has 6 saturated carbocycles. The maximum Gasteiger partial charge on any atom is 0.227 e. The maximum absolute atomic E-state index is 13.3. The van der Waals surface area contributed by atoms with Crippen LogP contribution in [0.2, 0.25) is 0 Å². The van der Waals surface area contributed by atoms with Crippen LogP contribution in [0.15, 0.2) is 18.2 Å². The second-order valence-electron chi connectivity index (χ2n) is 9.92. The Balaban J connectivity index is 1.02. The van der Waals surface area contributed by atoms with Crippen molar-refractivity contribution in [1.82, 2.24) is 25.9 Å². The summed E-state index contributed by atoms with van der Waals surface area (Å²) < 4.78 is 0. The number of hydrogen-bond acceptors (Lipinski definition) is 5. The van der Waals surface area contributed by atoms with Gasteiger partial charge in [-0.25, -0.2) is 0 Å². The van der Waals surface area contributed by atoms with Crippen LogP contribution in [0.25, 0.3) is 0 Å². The Morgan fingerprint density at radius 2 is 1.93 bits per heavy atom. The SMILES string of the molecule is CC(NC(=O)C12C3C4C1C1C2C3C41c1nn[nH]n1)c1ccc2c(c1)CCC(=O)N2. The molecule has 6 fully saturated rings. The number of tetrazole rings is 1. The van der Waals surface area contributed by atoms with Crippen LogP contribution in [-0.2, 0) is 21.4 Å². The van der Waals surface area contributed by atoms with Gasteiger partial charge in [0.1, 0.15) is 0 Å². The van der Waals surface area contributed by atoms with Crippen molar-refractivity contribution >= 4 is 17.5 Å². The van der Waals surface area contributed by atoms with Gasteiger partial charge in [0, 0.05) is 17.5 Å². The number of anilines is 1. The quantitative estimate of drug-likeness (QED) is 0.722. The third-order valence-electron chi connectivity index (χ3n) is 9.63. The van der Waals surface area contributed by atoms with E-state index in [1.54, 1.807) is 0 Å². The summed E-state index contributed by atoms with van der Waals surface area (Å²) in [6.45, 7) is 2.06. The first-order chi connectivity index (χ1) is 14.1. The Labute approximate surface area is 166 Å². The number of aromatic nitrogens is 4. The van der Waals surface area contributed by atoms with Crippen molar-refractivity contribution in [3.8, 4) is 0 Å². The maximum atomic E-state index is 13.3. The number of H-pyrrole nitrogens is 1. The fourth-order valence-corrected chi connectivity index (χ4v) is 8.85. The standard InChI is InChI=1S/C21H20N6O2/c1-7(8-2-4-10-9(6-8)3-5-11(28)23-10)22-19(29)21-15-12-16(21)14-17(21)13(15)20(12,14)18-24-26-27-25-18/h2,4,6-7,12-17H,3,5H2,1H3,(H,22,29)(H,23,28)(H,24,25,26,27). The van der Waals surface area contributed by atoms with E-state index in [4.69, 9.17) is 0 Å². The third-order valence-corrected chi connectivity index (χ3v) is 9.63. The minimum atomic E-state index is -0.0953. The molecule has 0 bridgehead atoms. The molecular weight excluding hydrogens is 368 g/mol. The third kappa shape index (κ3) is 1.21. The molecule has 0 saturated heterocycles. The predicted molar refractivity (Wildman–Crippen MR) is 99.2 cm³/mol. The van der Waals surface area contributed by atoms with Crippen LogP contribution in [0.5, 0.6) is 0 Å². The molecule has 8 heteroatoms. The molecule has 7 aliphatic rings. The van der Waals surface area contributed by atoms with Gasteiger partial charge in [0.15, 0.2) is 5.82 Å². The number of fused-ring (bicyclic) bond motifs is 1. The summed E-state index contributed by atoms with van der Waals surface area (Å²) >= 11 is 0. The van der Waals surface area contributed by atoms with Crippen molar-refractivity contribution < 1.29 is 9.59 Å². The molecule has 1 aromatic heterocycles. The summed E-state index contributed by atoms with van der Waals surface area (Å²) in [6, 6.07) is 6.07. The summed E-state index contributed by atoms with van der Waals surface area (Å²) in [7, 11) is 0. The fourth-order valence-electron chi connectivity index (χ4n) is 8.85. The van der Waals surface area contributed by atoms with Crippen LogP contribution in [0.1, 0.15) is 36.3 Å². The highest BCUT2D eigenvalue weighted by molar-refractivity contribution is 5.94. The van der Waals surface area contributed by atoms with Gasteiger partial charge in [-0.15, -0.1) is 10.2 Å². The van der Waals surface area contributed by atoms with Gasteiger partial charge in [0.05, 0.1) is 11.5 Å². The average molecular weight is 388 g/mol. The molecular formula is C21H20N6O2. The molecule has 2 amide bonds. The van der Waals surface area contributed by atoms with E-state index in [2.05, 4.69) is 44.2 Å². The largest absolute Gasteiger partial charge is 0.349 e. The lowest BCUT2D eigenvalue weighted by Crippen LogP contribution is -3.12. The van der Waals surface area contributed by atoms with Crippen LogP contribution in [-0.4, -0.2) is 32.4 Å². The molecule has 1 atom stereocenters. The zero-order chi connectivity index (χ0) is 19.3. The normalized spacial score (nSPS) is 46.4. The Bertz CT molecular complexity index is 1090. The minimum absolute atomic E-state index is 0.0304. The van der Waals surface area contributed by atoms with Crippen molar-refractivity contribution in [3.05, 3.63) is 35.2 Å². The molecule has 8 nitrogen and oxygen atoms in total. The summed E-state index contributed by atoms with van der Waals surface area (Å²) in [5.41, 5.74) is 3.23. The molecule has 1 unspecified atom stereocenters. The second-order valence-corrected chi connectivity index (χ2v) is 9.92. The number of rotatable bonds is 4. The zero-order valence-corrected chi connectivity index (χ0v) is 15.8. The fraction of sp³-hybridized carbons (Fsp3) is 0.571. The van der Waals surface area contributed by atoms with Gasteiger partial charge >= 0.3 is 0 Å². The van der Waals surface area contributed by atoms with Gasteiger partial charge < -0.3 is 10.6 Å². The summed E-state index contributed by atoms with van der Waals surface area (Å²) in [6.07, 6.45) is 1.28. The summed E-state index contributed by atoms with van der Waals surface area (Å²) in [4.78, 5) is 24.9. The van der Waals surface area contributed by atoms with Crippen LogP contribution in [0, 0.1) is 40.9 Å². The molecule has 0 spiro atoms. The lowest BCUT2D eigenvalue weighted by Gasteiger charge is -3.09. The van der Waals surface area contributed by atoms with Crippen molar-refractivity contribution in [2.75, 3.05) is 5.32 Å². The number of carbonyl (C=O) groups excluding carboxylic acids is 2. The van der Waals surface area contributed by atoms with E-state index in [1.807, 2.05) is 12.1 Å². The monoisotopic (exact) mass is 388 g/mol. The number of hydrogen-bond donors (Lipinski definition) is 3. The lowest BCUT2D eigenvalue weighted by molar-refractivity contribution is -0.612. The number of aryl methyl sites for hydroxylation is 1. The highest BCUT2D eigenvalue weighted by atomic mass is 16.2. The molecule has 6 aliphatic carbocycles. The van der Waals surface area contributed by atoms with Gasteiger partial charge in [-0.1, -0.05) is 17.3 Å². The van der Waals surface area contributed by atoms with Gasteiger partial charge in [-0.2, -0.15) is 5.21 Å². The van der Waals surface area contributed by atoms with E-state index in [9.17, 15) is 9.59 Å². The average Bonchev–Trinajstić information content (AvgIpc) is 3.27. The van der Waals surface area contributed by atoms with Gasteiger partial charge in [-0.3, -0.25) is 9.59 Å². The van der Waals surface area contributed by atoms with Crippen LogP contribution in [0.4, 0.5) is 5.69 Å². The van der Waals surface area contributed by atoms with E-state index < -0.39 is 0 Å². The molecule has 146 valence electrons. The molecule has 9 rings (SSSR count). The molecule has 1 aliphatic heterocycles. The molecule has 0 radical (unpaired) electrons. The molecule has 2 heterocycles. The Morgan fingerprint density at radius 1 is 1.17 bits per heavy atom. The minimum Gasteiger partial charge on any atom is -0.349 e. The molecule has 1 aromatic carbocycles. The second kappa shape index (κ2) is 4.22. The van der Waals surface area contributed by atoms with E-state index in [0.717, 1.165) is 29.1 Å². The topological polar surface area (TPSA) is 113 Å². The first-order valence-corrected chi connectivity index (χ1v) is 10.6. The number of carbonyl (C=O) groups is 2. The summed E-state index contributed by atoms with van der Waals surface area (Å²) in [5, 5.41) is 21.2. The zero-order valence-electron chi connectivity index (χ0n) is 15.8. The Kier molecular flexibility index (Phi) is 2.20. The molecule has 3 N–H and O–H groups in total. The number of amides is 2. The van der Waals surface area contributed by atoms with Crippen LogP contribution in [0.3, 0.4) is 0 Å². The van der Waals surface area contributed by atoms with Crippen LogP contribution >= 0.6 is 0 Å². The highest BCUT2D eigenvalue weighted by Gasteiger charge is 3.12. The number of nitrogens with zero attached hydrogens (tertiary/aromatic N) is 3. The van der Waals surface area contributed by atoms with Gasteiger partial charge in [0.25, 0.3) is 0 Å². The van der Waals surface area contributed by atoms with Crippen molar-refractivity contribution in [1.29, 1.82) is 0 Å². The van der Waals surface area contributed by atoms with Crippen molar-refractivity contribution in [3.63, 3.8) is 0 Å². The van der Waals surface area contributed by atoms with Gasteiger partial charge in [0.2, 0.25) is 11.8 Å².